The number of rotatable bonds is 5. The lowest BCUT2D eigenvalue weighted by Crippen LogP contribution is -2.11. The van der Waals surface area contributed by atoms with Gasteiger partial charge in [0.25, 0.3) is 0 Å². The zero-order chi connectivity index (χ0) is 14.5. The Balaban J connectivity index is 2.29. The fourth-order valence-corrected chi connectivity index (χ4v) is 2.09. The van der Waals surface area contributed by atoms with Gasteiger partial charge in [-0.1, -0.05) is 18.6 Å². The molecule has 2 rings (SSSR count). The van der Waals surface area contributed by atoms with Crippen LogP contribution in [0.25, 0.3) is 0 Å². The van der Waals surface area contributed by atoms with Crippen LogP contribution in [-0.2, 0) is 17.7 Å². The first-order chi connectivity index (χ1) is 9.65. The van der Waals surface area contributed by atoms with Gasteiger partial charge in [-0.05, 0) is 34.5 Å². The van der Waals surface area contributed by atoms with E-state index in [-0.39, 0.29) is 5.69 Å². The van der Waals surface area contributed by atoms with Gasteiger partial charge < -0.3 is 4.74 Å². The highest BCUT2D eigenvalue weighted by molar-refractivity contribution is 9.10. The molecule has 0 aromatic carbocycles. The Morgan fingerprint density at radius 3 is 2.85 bits per heavy atom. The molecule has 0 spiro atoms. The summed E-state index contributed by atoms with van der Waals surface area (Å²) in [4.78, 5) is 16.0. The van der Waals surface area contributed by atoms with Crippen molar-refractivity contribution in [3.05, 3.63) is 39.9 Å². The van der Waals surface area contributed by atoms with E-state index in [1.54, 1.807) is 10.9 Å². The molecule has 0 N–H and O–H groups in total. The van der Waals surface area contributed by atoms with Gasteiger partial charge in [-0.2, -0.15) is 0 Å². The SMILES string of the molecule is CCCc1c(C(=O)OC)nnn1Cc1ccc(Br)cn1. The van der Waals surface area contributed by atoms with Crippen molar-refractivity contribution in [2.75, 3.05) is 7.11 Å². The van der Waals surface area contributed by atoms with E-state index in [0.717, 1.165) is 22.3 Å². The smallest absolute Gasteiger partial charge is 0.360 e. The van der Waals surface area contributed by atoms with E-state index in [2.05, 4.69) is 31.2 Å². The number of methoxy groups -OCH3 is 1. The van der Waals surface area contributed by atoms with Crippen molar-refractivity contribution in [1.29, 1.82) is 0 Å². The van der Waals surface area contributed by atoms with Crippen LogP contribution in [0.15, 0.2) is 22.8 Å². The number of nitrogens with zero attached hydrogens (tertiary/aromatic N) is 4. The summed E-state index contributed by atoms with van der Waals surface area (Å²) in [5.74, 6) is -0.455. The summed E-state index contributed by atoms with van der Waals surface area (Å²) in [7, 11) is 1.34. The van der Waals surface area contributed by atoms with Crippen LogP contribution in [-0.4, -0.2) is 33.1 Å². The quantitative estimate of drug-likeness (QED) is 0.782. The number of aromatic nitrogens is 4. The molecule has 0 unspecified atom stereocenters. The second-order valence-corrected chi connectivity index (χ2v) is 5.17. The molecule has 2 heterocycles. The average molecular weight is 339 g/mol. The number of carbonyl (C=O) groups is 1. The number of halogens is 1. The van der Waals surface area contributed by atoms with Gasteiger partial charge in [0, 0.05) is 10.7 Å². The highest BCUT2D eigenvalue weighted by atomic mass is 79.9. The van der Waals surface area contributed by atoms with Crippen LogP contribution >= 0.6 is 15.9 Å². The third-order valence-electron chi connectivity index (χ3n) is 2.80. The molecular weight excluding hydrogens is 324 g/mol. The molecule has 0 aliphatic heterocycles. The lowest BCUT2D eigenvalue weighted by atomic mass is 10.2. The molecule has 0 fully saturated rings. The Labute approximate surface area is 125 Å². The van der Waals surface area contributed by atoms with Crippen molar-refractivity contribution < 1.29 is 9.53 Å². The highest BCUT2D eigenvalue weighted by Gasteiger charge is 2.19. The monoisotopic (exact) mass is 338 g/mol. The molecule has 20 heavy (non-hydrogen) atoms. The van der Waals surface area contributed by atoms with Crippen LogP contribution in [0.4, 0.5) is 0 Å². The van der Waals surface area contributed by atoms with E-state index in [1.807, 2.05) is 19.1 Å². The van der Waals surface area contributed by atoms with Crippen molar-refractivity contribution in [3.8, 4) is 0 Å². The maximum Gasteiger partial charge on any atom is 0.360 e. The molecule has 0 bridgehead atoms. The van der Waals surface area contributed by atoms with Crippen LogP contribution in [0.3, 0.4) is 0 Å². The molecule has 2 aromatic heterocycles. The number of hydrogen-bond acceptors (Lipinski definition) is 5. The molecule has 0 atom stereocenters. The summed E-state index contributed by atoms with van der Waals surface area (Å²) in [5.41, 5.74) is 1.92. The predicted octanol–water partition coefficient (Wildman–Crippen LogP) is 2.22. The topological polar surface area (TPSA) is 69.9 Å². The van der Waals surface area contributed by atoms with Crippen molar-refractivity contribution in [1.82, 2.24) is 20.0 Å². The molecule has 0 amide bonds. The maximum absolute atomic E-state index is 11.7. The standard InChI is InChI=1S/C13H15BrN4O2/c1-3-4-11-12(13(19)20-2)16-17-18(11)8-10-6-5-9(14)7-15-10/h5-7H,3-4,8H2,1-2H3. The van der Waals surface area contributed by atoms with Gasteiger partial charge in [0.1, 0.15) is 0 Å². The molecule has 0 saturated heterocycles. The largest absolute Gasteiger partial charge is 0.464 e. The maximum atomic E-state index is 11.7. The Bertz CT molecular complexity index is 595. The zero-order valence-electron chi connectivity index (χ0n) is 11.3. The van der Waals surface area contributed by atoms with Gasteiger partial charge in [0.05, 0.1) is 25.0 Å². The van der Waals surface area contributed by atoms with Crippen LogP contribution in [0.2, 0.25) is 0 Å². The second kappa shape index (κ2) is 6.60. The number of esters is 1. The summed E-state index contributed by atoms with van der Waals surface area (Å²) in [6.45, 7) is 2.52. The first kappa shape index (κ1) is 14.6. The van der Waals surface area contributed by atoms with Crippen molar-refractivity contribution >= 4 is 21.9 Å². The molecule has 7 heteroatoms. The van der Waals surface area contributed by atoms with E-state index in [4.69, 9.17) is 4.74 Å². The van der Waals surface area contributed by atoms with E-state index in [1.165, 1.54) is 7.11 Å². The lowest BCUT2D eigenvalue weighted by Gasteiger charge is -2.06. The van der Waals surface area contributed by atoms with Crippen LogP contribution in [0.1, 0.15) is 35.2 Å². The Morgan fingerprint density at radius 1 is 1.45 bits per heavy atom. The Hall–Kier alpha value is -1.76. The molecule has 6 nitrogen and oxygen atoms in total. The summed E-state index contributed by atoms with van der Waals surface area (Å²) in [5, 5.41) is 7.96. The molecule has 106 valence electrons. The fourth-order valence-electron chi connectivity index (χ4n) is 1.85. The Morgan fingerprint density at radius 2 is 2.25 bits per heavy atom. The Kier molecular flexibility index (Phi) is 4.84. The highest BCUT2D eigenvalue weighted by Crippen LogP contribution is 2.13. The van der Waals surface area contributed by atoms with Gasteiger partial charge in [-0.15, -0.1) is 5.10 Å². The van der Waals surface area contributed by atoms with Gasteiger partial charge in [-0.3, -0.25) is 4.98 Å². The van der Waals surface area contributed by atoms with Gasteiger partial charge in [-0.25, -0.2) is 9.48 Å². The molecular formula is C13H15BrN4O2. The molecule has 0 radical (unpaired) electrons. The van der Waals surface area contributed by atoms with E-state index < -0.39 is 5.97 Å². The summed E-state index contributed by atoms with van der Waals surface area (Å²) in [6.07, 6.45) is 3.34. The lowest BCUT2D eigenvalue weighted by molar-refractivity contribution is 0.0592. The molecule has 0 aliphatic rings. The third-order valence-corrected chi connectivity index (χ3v) is 3.27. The number of ether oxygens (including phenoxy) is 1. The van der Waals surface area contributed by atoms with Crippen LogP contribution in [0.5, 0.6) is 0 Å². The summed E-state index contributed by atoms with van der Waals surface area (Å²) >= 11 is 3.34. The van der Waals surface area contributed by atoms with Crippen LogP contribution < -0.4 is 0 Å². The summed E-state index contributed by atoms with van der Waals surface area (Å²) in [6, 6.07) is 3.82. The minimum Gasteiger partial charge on any atom is -0.464 e. The van der Waals surface area contributed by atoms with Gasteiger partial charge in [0.2, 0.25) is 0 Å². The molecule has 0 saturated carbocycles. The van der Waals surface area contributed by atoms with Crippen LogP contribution in [0, 0.1) is 0 Å². The van der Waals surface area contributed by atoms with E-state index in [9.17, 15) is 4.79 Å². The second-order valence-electron chi connectivity index (χ2n) is 4.25. The van der Waals surface area contributed by atoms with Gasteiger partial charge >= 0.3 is 5.97 Å². The minimum absolute atomic E-state index is 0.284. The van der Waals surface area contributed by atoms with Crippen molar-refractivity contribution in [2.24, 2.45) is 0 Å². The summed E-state index contributed by atoms with van der Waals surface area (Å²) < 4.78 is 7.35. The normalized spacial score (nSPS) is 10.6. The predicted molar refractivity (Wildman–Crippen MR) is 76.4 cm³/mol. The number of pyridine rings is 1. The first-order valence-electron chi connectivity index (χ1n) is 6.26. The number of carbonyl (C=O) groups excluding carboxylic acids is 1. The number of hydrogen-bond donors (Lipinski definition) is 0. The van der Waals surface area contributed by atoms with E-state index in [0.29, 0.717) is 13.0 Å². The third kappa shape index (κ3) is 3.22. The minimum atomic E-state index is -0.455. The van der Waals surface area contributed by atoms with E-state index >= 15 is 0 Å². The molecule has 2 aromatic rings. The first-order valence-corrected chi connectivity index (χ1v) is 7.06. The van der Waals surface area contributed by atoms with Crippen molar-refractivity contribution in [3.63, 3.8) is 0 Å². The average Bonchev–Trinajstić information content (AvgIpc) is 2.84. The fraction of sp³-hybridized carbons (Fsp3) is 0.385. The zero-order valence-corrected chi connectivity index (χ0v) is 12.9. The van der Waals surface area contributed by atoms with Crippen molar-refractivity contribution in [2.45, 2.75) is 26.3 Å². The van der Waals surface area contributed by atoms with Gasteiger partial charge in [0.15, 0.2) is 5.69 Å². The molecule has 0 aliphatic carbocycles.